The molecule has 24 heavy (non-hydrogen) atoms. The van der Waals surface area contributed by atoms with Crippen LogP contribution in [0.15, 0.2) is 66.1 Å². The van der Waals surface area contributed by atoms with E-state index >= 15 is 0 Å². The summed E-state index contributed by atoms with van der Waals surface area (Å²) >= 11 is 1.57. The first-order valence-electron chi connectivity index (χ1n) is 7.58. The topological polar surface area (TPSA) is 59.8 Å². The SMILES string of the molecule is CSc1ccccc1C(=O)NC(C)c1ccc(-n2cncn2)cc1. The largest absolute Gasteiger partial charge is 0.345 e. The molecule has 1 N–H and O–H groups in total. The molecule has 0 aliphatic heterocycles. The Kier molecular flexibility index (Phi) is 4.96. The molecule has 0 spiro atoms. The molecular formula is C18H18N4OS. The van der Waals surface area contributed by atoms with Crippen molar-refractivity contribution in [2.45, 2.75) is 17.9 Å². The number of carbonyl (C=O) groups is 1. The minimum atomic E-state index is -0.0859. The second-order valence-electron chi connectivity index (χ2n) is 5.33. The first-order chi connectivity index (χ1) is 11.7. The Morgan fingerprint density at radius 1 is 1.17 bits per heavy atom. The van der Waals surface area contributed by atoms with E-state index in [4.69, 9.17) is 0 Å². The van der Waals surface area contributed by atoms with Gasteiger partial charge in [0, 0.05) is 4.90 Å². The van der Waals surface area contributed by atoms with E-state index in [0.29, 0.717) is 5.56 Å². The van der Waals surface area contributed by atoms with E-state index < -0.39 is 0 Å². The zero-order valence-corrected chi connectivity index (χ0v) is 14.3. The van der Waals surface area contributed by atoms with E-state index in [1.807, 2.05) is 61.7 Å². The van der Waals surface area contributed by atoms with Gasteiger partial charge in [0.1, 0.15) is 12.7 Å². The maximum atomic E-state index is 12.5. The highest BCUT2D eigenvalue weighted by Crippen LogP contribution is 2.21. The number of hydrogen-bond donors (Lipinski definition) is 1. The Balaban J connectivity index is 1.72. The summed E-state index contributed by atoms with van der Waals surface area (Å²) in [5.74, 6) is -0.0622. The molecule has 3 aromatic rings. The standard InChI is InChI=1S/C18H18N4OS/c1-13(21-18(23)16-5-3-4-6-17(16)24-2)14-7-9-15(10-8-14)22-12-19-11-20-22/h3-13H,1-2H3,(H,21,23). The van der Waals surface area contributed by atoms with Gasteiger partial charge in [-0.05, 0) is 43.0 Å². The molecule has 0 bridgehead atoms. The number of hydrogen-bond acceptors (Lipinski definition) is 4. The molecule has 1 heterocycles. The van der Waals surface area contributed by atoms with Crippen molar-refractivity contribution < 1.29 is 4.79 Å². The van der Waals surface area contributed by atoms with E-state index in [1.54, 1.807) is 22.8 Å². The maximum absolute atomic E-state index is 12.5. The van der Waals surface area contributed by atoms with Gasteiger partial charge in [0.15, 0.2) is 0 Å². The third-order valence-electron chi connectivity index (χ3n) is 3.78. The van der Waals surface area contributed by atoms with Crippen LogP contribution < -0.4 is 5.32 Å². The van der Waals surface area contributed by atoms with Gasteiger partial charge >= 0.3 is 0 Å². The van der Waals surface area contributed by atoms with E-state index in [9.17, 15) is 4.79 Å². The number of rotatable bonds is 5. The number of thioether (sulfide) groups is 1. The van der Waals surface area contributed by atoms with Gasteiger partial charge in [-0.15, -0.1) is 11.8 Å². The van der Waals surface area contributed by atoms with Gasteiger partial charge in [0.05, 0.1) is 17.3 Å². The quantitative estimate of drug-likeness (QED) is 0.724. The number of carbonyl (C=O) groups excluding carboxylic acids is 1. The number of amides is 1. The number of benzene rings is 2. The first kappa shape index (κ1) is 16.3. The van der Waals surface area contributed by atoms with Crippen LogP contribution in [0.25, 0.3) is 5.69 Å². The lowest BCUT2D eigenvalue weighted by Crippen LogP contribution is -2.27. The number of nitrogens with zero attached hydrogens (tertiary/aromatic N) is 3. The van der Waals surface area contributed by atoms with Gasteiger partial charge in [0.25, 0.3) is 5.91 Å². The summed E-state index contributed by atoms with van der Waals surface area (Å²) in [6, 6.07) is 15.4. The van der Waals surface area contributed by atoms with Crippen LogP contribution in [0, 0.1) is 0 Å². The van der Waals surface area contributed by atoms with Crippen LogP contribution in [0.5, 0.6) is 0 Å². The molecule has 1 unspecified atom stereocenters. The molecule has 0 aliphatic carbocycles. The molecule has 3 rings (SSSR count). The van der Waals surface area contributed by atoms with E-state index in [0.717, 1.165) is 16.1 Å². The van der Waals surface area contributed by atoms with Gasteiger partial charge in [0.2, 0.25) is 0 Å². The zero-order chi connectivity index (χ0) is 16.9. The van der Waals surface area contributed by atoms with Crippen molar-refractivity contribution in [2.24, 2.45) is 0 Å². The Labute approximate surface area is 145 Å². The number of nitrogens with one attached hydrogen (secondary N) is 1. The fourth-order valence-corrected chi connectivity index (χ4v) is 3.04. The molecule has 6 heteroatoms. The average Bonchev–Trinajstić information content (AvgIpc) is 3.16. The smallest absolute Gasteiger partial charge is 0.252 e. The van der Waals surface area contributed by atoms with Crippen molar-refractivity contribution in [1.29, 1.82) is 0 Å². The van der Waals surface area contributed by atoms with Crippen molar-refractivity contribution in [3.05, 3.63) is 72.3 Å². The second kappa shape index (κ2) is 7.31. The maximum Gasteiger partial charge on any atom is 0.252 e. The Morgan fingerprint density at radius 3 is 2.58 bits per heavy atom. The van der Waals surface area contributed by atoms with Crippen LogP contribution >= 0.6 is 11.8 Å². The Morgan fingerprint density at radius 2 is 1.92 bits per heavy atom. The molecule has 1 aromatic heterocycles. The summed E-state index contributed by atoms with van der Waals surface area (Å²) < 4.78 is 1.70. The van der Waals surface area contributed by atoms with Crippen molar-refractivity contribution >= 4 is 17.7 Å². The van der Waals surface area contributed by atoms with Crippen molar-refractivity contribution in [2.75, 3.05) is 6.26 Å². The second-order valence-corrected chi connectivity index (χ2v) is 6.18. The fourth-order valence-electron chi connectivity index (χ4n) is 2.45. The lowest BCUT2D eigenvalue weighted by atomic mass is 10.1. The predicted molar refractivity (Wildman–Crippen MR) is 95.5 cm³/mol. The van der Waals surface area contributed by atoms with Gasteiger partial charge in [-0.1, -0.05) is 24.3 Å². The molecule has 0 saturated carbocycles. The van der Waals surface area contributed by atoms with Crippen LogP contribution in [-0.2, 0) is 0 Å². The molecule has 0 fully saturated rings. The van der Waals surface area contributed by atoms with Crippen molar-refractivity contribution in [1.82, 2.24) is 20.1 Å². The van der Waals surface area contributed by atoms with E-state index in [-0.39, 0.29) is 11.9 Å². The van der Waals surface area contributed by atoms with Gasteiger partial charge in [-0.2, -0.15) is 5.10 Å². The normalized spacial score (nSPS) is 11.9. The van der Waals surface area contributed by atoms with Crippen LogP contribution in [0.4, 0.5) is 0 Å². The third-order valence-corrected chi connectivity index (χ3v) is 4.57. The third kappa shape index (κ3) is 3.49. The number of aromatic nitrogens is 3. The molecule has 1 amide bonds. The summed E-state index contributed by atoms with van der Waals surface area (Å²) in [5.41, 5.74) is 2.67. The molecule has 0 radical (unpaired) electrons. The minimum absolute atomic E-state index is 0.0622. The van der Waals surface area contributed by atoms with Crippen LogP contribution in [0.3, 0.4) is 0 Å². The lowest BCUT2D eigenvalue weighted by Gasteiger charge is -2.16. The highest BCUT2D eigenvalue weighted by atomic mass is 32.2. The molecule has 122 valence electrons. The van der Waals surface area contributed by atoms with Crippen molar-refractivity contribution in [3.8, 4) is 5.69 Å². The Bertz CT molecular complexity index is 815. The van der Waals surface area contributed by atoms with Gasteiger partial charge in [-0.25, -0.2) is 9.67 Å². The van der Waals surface area contributed by atoms with Crippen LogP contribution in [-0.4, -0.2) is 26.9 Å². The lowest BCUT2D eigenvalue weighted by molar-refractivity contribution is 0.0937. The van der Waals surface area contributed by atoms with Gasteiger partial charge in [-0.3, -0.25) is 4.79 Å². The highest BCUT2D eigenvalue weighted by Gasteiger charge is 2.14. The predicted octanol–water partition coefficient (Wildman–Crippen LogP) is 3.48. The van der Waals surface area contributed by atoms with Crippen LogP contribution in [0.1, 0.15) is 28.9 Å². The first-order valence-corrected chi connectivity index (χ1v) is 8.80. The highest BCUT2D eigenvalue weighted by molar-refractivity contribution is 7.98. The minimum Gasteiger partial charge on any atom is -0.345 e. The molecule has 1 atom stereocenters. The molecule has 5 nitrogen and oxygen atoms in total. The average molecular weight is 338 g/mol. The summed E-state index contributed by atoms with van der Waals surface area (Å²) in [6.07, 6.45) is 5.12. The fraction of sp³-hybridized carbons (Fsp3) is 0.167. The summed E-state index contributed by atoms with van der Waals surface area (Å²) in [6.45, 7) is 1.98. The van der Waals surface area contributed by atoms with E-state index in [1.165, 1.54) is 6.33 Å². The summed E-state index contributed by atoms with van der Waals surface area (Å²) in [7, 11) is 0. The Hall–Kier alpha value is -2.60. The van der Waals surface area contributed by atoms with Crippen LogP contribution in [0.2, 0.25) is 0 Å². The van der Waals surface area contributed by atoms with Crippen molar-refractivity contribution in [3.63, 3.8) is 0 Å². The monoisotopic (exact) mass is 338 g/mol. The summed E-state index contributed by atoms with van der Waals surface area (Å²) in [4.78, 5) is 17.4. The zero-order valence-electron chi connectivity index (χ0n) is 13.5. The van der Waals surface area contributed by atoms with Gasteiger partial charge < -0.3 is 5.32 Å². The molecule has 2 aromatic carbocycles. The molecule has 0 saturated heterocycles. The molecular weight excluding hydrogens is 320 g/mol. The summed E-state index contributed by atoms with van der Waals surface area (Å²) in [5, 5.41) is 7.16. The molecule has 0 aliphatic rings. The van der Waals surface area contributed by atoms with E-state index in [2.05, 4.69) is 15.4 Å².